The molecule has 0 bridgehead atoms. The fourth-order valence-corrected chi connectivity index (χ4v) is 1.90. The Labute approximate surface area is 82.0 Å². The van der Waals surface area contributed by atoms with Gasteiger partial charge in [-0.25, -0.2) is 0 Å². The molecule has 0 aliphatic carbocycles. The molecule has 1 fully saturated rings. The first-order chi connectivity index (χ1) is 6.43. The molecule has 0 aromatic heterocycles. The molecule has 1 aliphatic heterocycles. The van der Waals surface area contributed by atoms with E-state index in [0.717, 1.165) is 26.2 Å². The van der Waals surface area contributed by atoms with Gasteiger partial charge in [-0.3, -0.25) is 0 Å². The second-order valence-corrected chi connectivity index (χ2v) is 4.62. The smallest absolute Gasteiger partial charge is 0.162 e. The summed E-state index contributed by atoms with van der Waals surface area (Å²) in [5.74, 6) is 0. The van der Waals surface area contributed by atoms with Gasteiger partial charge in [0.2, 0.25) is 0 Å². The van der Waals surface area contributed by atoms with Crippen LogP contribution in [0.4, 0.5) is 0 Å². The van der Waals surface area contributed by atoms with Crippen LogP contribution in [0.25, 0.3) is 0 Å². The van der Waals surface area contributed by atoms with Crippen LogP contribution >= 0.6 is 0 Å². The lowest BCUT2D eigenvalue weighted by atomic mass is 10.5. The van der Waals surface area contributed by atoms with Crippen LogP contribution in [0.1, 0.15) is 6.42 Å². The molecule has 0 saturated carbocycles. The molecule has 0 N–H and O–H groups in total. The third-order valence-corrected chi connectivity index (χ3v) is 3.08. The van der Waals surface area contributed by atoms with Crippen LogP contribution in [0.5, 0.6) is 0 Å². The Morgan fingerprint density at radius 1 is 1.62 bits per heavy atom. The standard InChI is InChI=1S/C9H18O3Si/c1-2-4-12-13-6-3-5-10-7-9-8-11-9/h2,9H,1,3-8,13H2. The molecule has 0 radical (unpaired) electrons. The highest BCUT2D eigenvalue weighted by molar-refractivity contribution is 6.27. The predicted octanol–water partition coefficient (Wildman–Crippen LogP) is 0.497. The first-order valence-corrected chi connectivity index (χ1v) is 6.39. The highest BCUT2D eigenvalue weighted by Gasteiger charge is 2.21. The van der Waals surface area contributed by atoms with Gasteiger partial charge in [-0.15, -0.1) is 6.58 Å². The van der Waals surface area contributed by atoms with Gasteiger partial charge in [0.15, 0.2) is 9.76 Å². The van der Waals surface area contributed by atoms with Crippen molar-refractivity contribution in [2.45, 2.75) is 18.6 Å². The average Bonchev–Trinajstić information content (AvgIpc) is 2.93. The fraction of sp³-hybridized carbons (Fsp3) is 0.778. The molecule has 1 rings (SSSR count). The average molecular weight is 202 g/mol. The fourth-order valence-electron chi connectivity index (χ4n) is 0.954. The van der Waals surface area contributed by atoms with Crippen molar-refractivity contribution in [1.29, 1.82) is 0 Å². The minimum atomic E-state index is -0.314. The molecule has 0 spiro atoms. The van der Waals surface area contributed by atoms with E-state index < -0.39 is 0 Å². The topological polar surface area (TPSA) is 31.0 Å². The molecule has 4 heteroatoms. The number of ether oxygens (including phenoxy) is 2. The lowest BCUT2D eigenvalue weighted by Gasteiger charge is -2.01. The molecule has 3 nitrogen and oxygen atoms in total. The summed E-state index contributed by atoms with van der Waals surface area (Å²) in [6, 6.07) is 1.19. The molecule has 0 aromatic carbocycles. The van der Waals surface area contributed by atoms with Crippen molar-refractivity contribution < 1.29 is 13.9 Å². The van der Waals surface area contributed by atoms with E-state index >= 15 is 0 Å². The van der Waals surface area contributed by atoms with Gasteiger partial charge in [-0.1, -0.05) is 6.08 Å². The van der Waals surface area contributed by atoms with Crippen molar-refractivity contribution in [3.63, 3.8) is 0 Å². The maximum atomic E-state index is 5.39. The maximum absolute atomic E-state index is 5.39. The molecule has 0 amide bonds. The number of hydrogen-bond donors (Lipinski definition) is 0. The lowest BCUT2D eigenvalue weighted by Crippen LogP contribution is -2.04. The normalized spacial score (nSPS) is 21.1. The summed E-state index contributed by atoms with van der Waals surface area (Å²) in [5, 5.41) is 0. The summed E-state index contributed by atoms with van der Waals surface area (Å²) in [6.45, 7) is 6.81. The third-order valence-electron chi connectivity index (χ3n) is 1.77. The Balaban J connectivity index is 1.65. The zero-order chi connectivity index (χ0) is 9.36. The molecule has 1 saturated heterocycles. The largest absolute Gasteiger partial charge is 0.420 e. The van der Waals surface area contributed by atoms with Crippen molar-refractivity contribution in [3.05, 3.63) is 12.7 Å². The van der Waals surface area contributed by atoms with Gasteiger partial charge in [0, 0.05) is 6.61 Å². The monoisotopic (exact) mass is 202 g/mol. The maximum Gasteiger partial charge on any atom is 0.162 e. The van der Waals surface area contributed by atoms with Crippen molar-refractivity contribution >= 4 is 9.76 Å². The molecule has 1 aliphatic rings. The van der Waals surface area contributed by atoms with Gasteiger partial charge in [-0.05, 0) is 12.5 Å². The SMILES string of the molecule is C=CCO[SiH2]CCCOCC1CO1. The van der Waals surface area contributed by atoms with Crippen LogP contribution in [-0.4, -0.2) is 42.3 Å². The number of epoxide rings is 1. The Bertz CT molecular complexity index is 137. The Morgan fingerprint density at radius 3 is 3.15 bits per heavy atom. The molecule has 1 atom stereocenters. The third kappa shape index (κ3) is 6.95. The van der Waals surface area contributed by atoms with Crippen LogP contribution in [0.15, 0.2) is 12.7 Å². The molecular formula is C9H18O3Si. The minimum absolute atomic E-state index is 0.314. The summed E-state index contributed by atoms with van der Waals surface area (Å²) in [4.78, 5) is 0. The second-order valence-electron chi connectivity index (χ2n) is 3.10. The molecule has 1 unspecified atom stereocenters. The molecule has 1 heterocycles. The number of rotatable bonds is 9. The van der Waals surface area contributed by atoms with Crippen LogP contribution in [0, 0.1) is 0 Å². The highest BCUT2D eigenvalue weighted by Crippen LogP contribution is 2.08. The van der Waals surface area contributed by atoms with E-state index in [1.807, 2.05) is 0 Å². The van der Waals surface area contributed by atoms with Crippen LogP contribution in [-0.2, 0) is 13.9 Å². The van der Waals surface area contributed by atoms with E-state index in [4.69, 9.17) is 13.9 Å². The minimum Gasteiger partial charge on any atom is -0.420 e. The van der Waals surface area contributed by atoms with E-state index in [-0.39, 0.29) is 9.76 Å². The van der Waals surface area contributed by atoms with Crippen LogP contribution in [0.2, 0.25) is 6.04 Å². The van der Waals surface area contributed by atoms with E-state index in [0.29, 0.717) is 12.7 Å². The number of hydrogen-bond acceptors (Lipinski definition) is 3. The van der Waals surface area contributed by atoms with Crippen molar-refractivity contribution in [1.82, 2.24) is 0 Å². The quantitative estimate of drug-likeness (QED) is 0.236. The van der Waals surface area contributed by atoms with Gasteiger partial charge in [0.05, 0.1) is 19.8 Å². The van der Waals surface area contributed by atoms with Gasteiger partial charge in [0.25, 0.3) is 0 Å². The molecular weight excluding hydrogens is 184 g/mol. The first kappa shape index (κ1) is 10.9. The van der Waals surface area contributed by atoms with Crippen molar-refractivity contribution in [2.75, 3.05) is 26.4 Å². The van der Waals surface area contributed by atoms with Gasteiger partial charge < -0.3 is 13.9 Å². The summed E-state index contributed by atoms with van der Waals surface area (Å²) >= 11 is 0. The van der Waals surface area contributed by atoms with Gasteiger partial charge in [-0.2, -0.15) is 0 Å². The summed E-state index contributed by atoms with van der Waals surface area (Å²) < 4.78 is 15.8. The zero-order valence-corrected chi connectivity index (χ0v) is 9.45. The van der Waals surface area contributed by atoms with Crippen molar-refractivity contribution in [3.8, 4) is 0 Å². The van der Waals surface area contributed by atoms with E-state index in [1.165, 1.54) is 6.04 Å². The van der Waals surface area contributed by atoms with Crippen LogP contribution in [0.3, 0.4) is 0 Å². The summed E-state index contributed by atoms with van der Waals surface area (Å²) in [6.07, 6.45) is 3.32. The Morgan fingerprint density at radius 2 is 2.46 bits per heavy atom. The highest BCUT2D eigenvalue weighted by atomic mass is 28.2. The van der Waals surface area contributed by atoms with Gasteiger partial charge in [0.1, 0.15) is 6.10 Å². The van der Waals surface area contributed by atoms with Gasteiger partial charge >= 0.3 is 0 Å². The molecule has 13 heavy (non-hydrogen) atoms. The molecule has 0 aromatic rings. The molecule has 76 valence electrons. The predicted molar refractivity (Wildman–Crippen MR) is 54.7 cm³/mol. The summed E-state index contributed by atoms with van der Waals surface area (Å²) in [7, 11) is -0.314. The Hall–Kier alpha value is -0.163. The summed E-state index contributed by atoms with van der Waals surface area (Å²) in [5.41, 5.74) is 0. The van der Waals surface area contributed by atoms with Crippen LogP contribution < -0.4 is 0 Å². The van der Waals surface area contributed by atoms with E-state index in [2.05, 4.69) is 6.58 Å². The van der Waals surface area contributed by atoms with E-state index in [9.17, 15) is 0 Å². The zero-order valence-electron chi connectivity index (χ0n) is 8.04. The second kappa shape index (κ2) is 7.26. The van der Waals surface area contributed by atoms with E-state index in [1.54, 1.807) is 6.08 Å². The lowest BCUT2D eigenvalue weighted by molar-refractivity contribution is 0.116. The Kier molecular flexibility index (Phi) is 6.10. The first-order valence-electron chi connectivity index (χ1n) is 4.81. The van der Waals surface area contributed by atoms with Crippen molar-refractivity contribution in [2.24, 2.45) is 0 Å².